The van der Waals surface area contributed by atoms with E-state index in [0.29, 0.717) is 12.5 Å². The Morgan fingerprint density at radius 2 is 2.04 bits per heavy atom. The maximum atomic E-state index is 12.7. The molecule has 0 spiro atoms. The third kappa shape index (κ3) is 3.04. The number of rotatable bonds is 4. The van der Waals surface area contributed by atoms with Gasteiger partial charge in [0.1, 0.15) is 5.75 Å². The molecule has 0 radical (unpaired) electrons. The first kappa shape index (κ1) is 16.6. The molecule has 1 aromatic heterocycles. The number of hydrogen-bond donors (Lipinski definition) is 2. The number of anilines is 1. The van der Waals surface area contributed by atoms with Gasteiger partial charge < -0.3 is 10.1 Å². The van der Waals surface area contributed by atoms with Crippen LogP contribution in [0.5, 0.6) is 5.75 Å². The Labute approximate surface area is 152 Å². The lowest BCUT2D eigenvalue weighted by Crippen LogP contribution is -2.37. The van der Waals surface area contributed by atoms with E-state index in [1.165, 1.54) is 0 Å². The van der Waals surface area contributed by atoms with Gasteiger partial charge in [0.05, 0.1) is 29.7 Å². The van der Waals surface area contributed by atoms with E-state index in [4.69, 9.17) is 4.74 Å². The number of methoxy groups -OCH3 is 1. The number of carbonyl (C=O) groups is 1. The van der Waals surface area contributed by atoms with Gasteiger partial charge >= 0.3 is 0 Å². The summed E-state index contributed by atoms with van der Waals surface area (Å²) in [5, 5.41) is 6.32. The summed E-state index contributed by atoms with van der Waals surface area (Å²) in [6.45, 7) is 1.68. The number of ether oxygens (including phenoxy) is 1. The molecule has 1 aliphatic rings. The lowest BCUT2D eigenvalue weighted by molar-refractivity contribution is -0.120. The van der Waals surface area contributed by atoms with E-state index >= 15 is 0 Å². The zero-order chi connectivity index (χ0) is 17.9. The van der Waals surface area contributed by atoms with Gasteiger partial charge in [-0.2, -0.15) is 0 Å². The van der Waals surface area contributed by atoms with E-state index in [0.717, 1.165) is 41.9 Å². The first-order valence-electron chi connectivity index (χ1n) is 8.90. The molecule has 26 heavy (non-hydrogen) atoms. The summed E-state index contributed by atoms with van der Waals surface area (Å²) in [5.74, 6) is 1.22. The van der Waals surface area contributed by atoms with Crippen LogP contribution in [0.1, 0.15) is 12.8 Å². The van der Waals surface area contributed by atoms with Crippen LogP contribution in [0.4, 0.5) is 5.95 Å². The minimum absolute atomic E-state index is 0.00338. The molecule has 1 amide bonds. The topological polar surface area (TPSA) is 68.2 Å². The Morgan fingerprint density at radius 1 is 1.23 bits per heavy atom. The normalized spacial score (nSPS) is 17.2. The van der Waals surface area contributed by atoms with E-state index in [2.05, 4.69) is 15.6 Å². The van der Waals surface area contributed by atoms with Gasteiger partial charge in [0.2, 0.25) is 11.9 Å². The van der Waals surface area contributed by atoms with Crippen molar-refractivity contribution in [3.63, 3.8) is 0 Å². The number of imidazole rings is 1. The van der Waals surface area contributed by atoms with Crippen molar-refractivity contribution in [1.29, 1.82) is 0 Å². The zero-order valence-corrected chi connectivity index (χ0v) is 14.7. The molecule has 0 saturated carbocycles. The largest absolute Gasteiger partial charge is 0.495 e. The molecular formula is C20H22N4O2. The van der Waals surface area contributed by atoms with E-state index in [1.54, 1.807) is 7.11 Å². The van der Waals surface area contributed by atoms with Crippen LogP contribution in [-0.2, 0) is 4.79 Å². The van der Waals surface area contributed by atoms with Gasteiger partial charge in [-0.05, 0) is 43.7 Å². The molecule has 0 bridgehead atoms. The molecule has 6 heteroatoms. The van der Waals surface area contributed by atoms with Gasteiger partial charge in [-0.3, -0.25) is 14.7 Å². The summed E-state index contributed by atoms with van der Waals surface area (Å²) in [6.07, 6.45) is 1.91. The number of carbonyl (C=O) groups excluding carboxylic acids is 1. The van der Waals surface area contributed by atoms with Crippen LogP contribution in [0.15, 0.2) is 48.5 Å². The predicted octanol–water partition coefficient (Wildman–Crippen LogP) is 2.97. The number of nitrogens with one attached hydrogen (secondary N) is 2. The fraction of sp³-hybridized carbons (Fsp3) is 0.300. The summed E-state index contributed by atoms with van der Waals surface area (Å²) in [7, 11) is 1.64. The highest BCUT2D eigenvalue weighted by Gasteiger charge is 2.24. The Balaban J connectivity index is 1.78. The summed E-state index contributed by atoms with van der Waals surface area (Å²) in [4.78, 5) is 17.4. The van der Waals surface area contributed by atoms with Gasteiger partial charge in [-0.25, -0.2) is 4.98 Å². The Hall–Kier alpha value is -2.86. The van der Waals surface area contributed by atoms with Crippen LogP contribution in [0.2, 0.25) is 0 Å². The highest BCUT2D eigenvalue weighted by molar-refractivity contribution is 5.94. The number of para-hydroxylation sites is 4. The van der Waals surface area contributed by atoms with Crippen LogP contribution in [0, 0.1) is 5.92 Å². The second-order valence-corrected chi connectivity index (χ2v) is 6.46. The molecule has 134 valence electrons. The van der Waals surface area contributed by atoms with Gasteiger partial charge in [0, 0.05) is 6.54 Å². The van der Waals surface area contributed by atoms with Crippen molar-refractivity contribution in [3.8, 4) is 11.4 Å². The smallest absolute Gasteiger partial charge is 0.231 e. The number of aromatic nitrogens is 2. The number of nitrogens with zero attached hydrogens (tertiary/aromatic N) is 2. The van der Waals surface area contributed by atoms with Crippen LogP contribution < -0.4 is 15.4 Å². The minimum atomic E-state index is -0.0327. The second-order valence-electron chi connectivity index (χ2n) is 6.46. The fourth-order valence-corrected chi connectivity index (χ4v) is 3.46. The van der Waals surface area contributed by atoms with E-state index in [-0.39, 0.29) is 11.8 Å². The molecule has 2 heterocycles. The standard InChI is InChI=1S/C20H22N4O2/c1-26-18-11-5-4-10-17(18)24-16-9-3-2-8-15(16)22-20(24)23-19(25)14-7-6-12-21-13-14/h2-5,8-11,14,21H,6-7,12-13H2,1H3,(H,22,23,25). The summed E-state index contributed by atoms with van der Waals surface area (Å²) >= 11 is 0. The van der Waals surface area contributed by atoms with Crippen LogP contribution in [0.3, 0.4) is 0 Å². The molecule has 1 atom stereocenters. The Kier molecular flexibility index (Phi) is 4.58. The highest BCUT2D eigenvalue weighted by atomic mass is 16.5. The second kappa shape index (κ2) is 7.17. The van der Waals surface area contributed by atoms with Gasteiger partial charge in [0.15, 0.2) is 0 Å². The molecule has 3 aromatic rings. The average Bonchev–Trinajstić information content (AvgIpc) is 3.06. The van der Waals surface area contributed by atoms with Crippen LogP contribution in [-0.4, -0.2) is 35.7 Å². The van der Waals surface area contributed by atoms with Gasteiger partial charge in [-0.1, -0.05) is 24.3 Å². The Bertz CT molecular complexity index is 928. The number of hydrogen-bond acceptors (Lipinski definition) is 4. The minimum Gasteiger partial charge on any atom is -0.495 e. The Morgan fingerprint density at radius 3 is 2.85 bits per heavy atom. The molecule has 2 N–H and O–H groups in total. The molecule has 1 unspecified atom stereocenters. The molecule has 4 rings (SSSR count). The average molecular weight is 350 g/mol. The van der Waals surface area contributed by atoms with E-state index < -0.39 is 0 Å². The lowest BCUT2D eigenvalue weighted by atomic mass is 9.99. The first-order valence-corrected chi connectivity index (χ1v) is 8.90. The number of fused-ring (bicyclic) bond motifs is 1. The van der Waals surface area contributed by atoms with Gasteiger partial charge in [-0.15, -0.1) is 0 Å². The van der Waals surface area contributed by atoms with Crippen LogP contribution in [0.25, 0.3) is 16.7 Å². The molecule has 6 nitrogen and oxygen atoms in total. The maximum absolute atomic E-state index is 12.7. The molecule has 1 aliphatic heterocycles. The fourth-order valence-electron chi connectivity index (χ4n) is 3.46. The number of benzene rings is 2. The van der Waals surface area contributed by atoms with E-state index in [1.807, 2.05) is 53.1 Å². The molecule has 1 saturated heterocycles. The van der Waals surface area contributed by atoms with Crippen molar-refractivity contribution in [2.75, 3.05) is 25.5 Å². The van der Waals surface area contributed by atoms with Crippen molar-refractivity contribution < 1.29 is 9.53 Å². The quantitative estimate of drug-likeness (QED) is 0.759. The van der Waals surface area contributed by atoms with Crippen molar-refractivity contribution in [2.24, 2.45) is 5.92 Å². The molecular weight excluding hydrogens is 328 g/mol. The van der Waals surface area contributed by atoms with Crippen molar-refractivity contribution in [3.05, 3.63) is 48.5 Å². The lowest BCUT2D eigenvalue weighted by Gasteiger charge is -2.22. The summed E-state index contributed by atoms with van der Waals surface area (Å²) in [5.41, 5.74) is 2.60. The highest BCUT2D eigenvalue weighted by Crippen LogP contribution is 2.30. The van der Waals surface area contributed by atoms with Gasteiger partial charge in [0.25, 0.3) is 0 Å². The number of piperidine rings is 1. The maximum Gasteiger partial charge on any atom is 0.231 e. The van der Waals surface area contributed by atoms with Crippen molar-refractivity contribution >= 4 is 22.9 Å². The third-order valence-corrected chi connectivity index (χ3v) is 4.79. The van der Waals surface area contributed by atoms with Crippen molar-refractivity contribution in [2.45, 2.75) is 12.8 Å². The summed E-state index contributed by atoms with van der Waals surface area (Å²) < 4.78 is 7.47. The summed E-state index contributed by atoms with van der Waals surface area (Å²) in [6, 6.07) is 15.6. The SMILES string of the molecule is COc1ccccc1-n1c(NC(=O)C2CCCNC2)nc2ccccc21. The molecule has 1 fully saturated rings. The first-order chi connectivity index (χ1) is 12.8. The number of amides is 1. The zero-order valence-electron chi connectivity index (χ0n) is 14.7. The third-order valence-electron chi connectivity index (χ3n) is 4.79. The monoisotopic (exact) mass is 350 g/mol. The van der Waals surface area contributed by atoms with E-state index in [9.17, 15) is 4.79 Å². The molecule has 2 aromatic carbocycles. The van der Waals surface area contributed by atoms with Crippen molar-refractivity contribution in [1.82, 2.24) is 14.9 Å². The van der Waals surface area contributed by atoms with Crippen LogP contribution >= 0.6 is 0 Å². The molecule has 0 aliphatic carbocycles. The predicted molar refractivity (Wildman–Crippen MR) is 102 cm³/mol.